The van der Waals surface area contributed by atoms with Crippen LogP contribution in [0.5, 0.6) is 11.5 Å². The largest absolute Gasteiger partial charge is 0.504 e. The molecule has 0 radical (unpaired) electrons. The first-order valence-electron chi connectivity index (χ1n) is 5.50. The van der Waals surface area contributed by atoms with Crippen LogP contribution in [0, 0.1) is 0 Å². The molecule has 1 aliphatic rings. The van der Waals surface area contributed by atoms with E-state index in [1.165, 1.54) is 24.3 Å². The second-order valence-electron chi connectivity index (χ2n) is 3.87. The van der Waals surface area contributed by atoms with E-state index in [4.69, 9.17) is 5.73 Å². The zero-order chi connectivity index (χ0) is 14.0. The van der Waals surface area contributed by atoms with Crippen molar-refractivity contribution in [3.8, 4) is 11.5 Å². The highest BCUT2D eigenvalue weighted by molar-refractivity contribution is 8.18. The first kappa shape index (κ1) is 13.4. The van der Waals surface area contributed by atoms with Crippen LogP contribution in [0.4, 0.5) is 4.79 Å². The maximum absolute atomic E-state index is 11.9. The van der Waals surface area contributed by atoms with Gasteiger partial charge in [-0.15, -0.1) is 0 Å². The second kappa shape index (κ2) is 5.33. The topological polar surface area (TPSA) is 104 Å². The molecule has 1 fully saturated rings. The summed E-state index contributed by atoms with van der Waals surface area (Å²) < 4.78 is 0. The smallest absolute Gasteiger partial charge is 0.293 e. The van der Waals surface area contributed by atoms with Gasteiger partial charge in [-0.1, -0.05) is 6.07 Å². The minimum absolute atomic E-state index is 0.183. The number of amides is 2. The third-order valence-corrected chi connectivity index (χ3v) is 3.43. The van der Waals surface area contributed by atoms with Crippen molar-refractivity contribution < 1.29 is 19.8 Å². The quantitative estimate of drug-likeness (QED) is 0.565. The van der Waals surface area contributed by atoms with E-state index in [2.05, 4.69) is 0 Å². The van der Waals surface area contributed by atoms with Crippen LogP contribution < -0.4 is 5.73 Å². The maximum Gasteiger partial charge on any atom is 0.293 e. The first-order chi connectivity index (χ1) is 9.02. The zero-order valence-electron chi connectivity index (χ0n) is 9.87. The molecule has 2 amide bonds. The average Bonchev–Trinajstić information content (AvgIpc) is 2.62. The molecule has 0 aliphatic carbocycles. The lowest BCUT2D eigenvalue weighted by molar-refractivity contribution is -0.122. The summed E-state index contributed by atoms with van der Waals surface area (Å²) >= 11 is 0.825. The normalized spacial score (nSPS) is 17.5. The number of hydrogen-bond acceptors (Lipinski definition) is 6. The molecule has 0 atom stereocenters. The van der Waals surface area contributed by atoms with Gasteiger partial charge in [-0.05, 0) is 35.5 Å². The van der Waals surface area contributed by atoms with Crippen molar-refractivity contribution in [2.45, 2.75) is 0 Å². The van der Waals surface area contributed by atoms with Crippen LogP contribution >= 0.6 is 11.8 Å². The number of imide groups is 1. The lowest BCUT2D eigenvalue weighted by Gasteiger charge is -2.09. The van der Waals surface area contributed by atoms with E-state index in [0.717, 1.165) is 16.7 Å². The summed E-state index contributed by atoms with van der Waals surface area (Å²) in [5, 5.41) is 18.2. The number of thioether (sulfide) groups is 1. The van der Waals surface area contributed by atoms with Crippen LogP contribution in [0.1, 0.15) is 5.56 Å². The highest BCUT2D eigenvalue weighted by atomic mass is 32.2. The van der Waals surface area contributed by atoms with E-state index in [1.54, 1.807) is 0 Å². The minimum atomic E-state index is -0.395. The number of nitrogens with zero attached hydrogens (tertiary/aromatic N) is 1. The summed E-state index contributed by atoms with van der Waals surface area (Å²) in [6.07, 6.45) is 1.49. The summed E-state index contributed by atoms with van der Waals surface area (Å²) in [5.41, 5.74) is 5.85. The molecule has 1 heterocycles. The summed E-state index contributed by atoms with van der Waals surface area (Å²) in [6, 6.07) is 4.16. The molecule has 6 nitrogen and oxygen atoms in total. The minimum Gasteiger partial charge on any atom is -0.504 e. The molecule has 1 aromatic rings. The number of carbonyl (C=O) groups is 2. The van der Waals surface area contributed by atoms with Crippen molar-refractivity contribution >= 4 is 29.0 Å². The molecule has 0 spiro atoms. The summed E-state index contributed by atoms with van der Waals surface area (Å²) in [7, 11) is 0. The Morgan fingerprint density at radius 3 is 2.63 bits per heavy atom. The van der Waals surface area contributed by atoms with Crippen LogP contribution in [0.3, 0.4) is 0 Å². The Balaban J connectivity index is 2.27. The molecule has 0 unspecified atom stereocenters. The summed E-state index contributed by atoms with van der Waals surface area (Å²) in [4.78, 5) is 24.8. The predicted molar refractivity (Wildman–Crippen MR) is 71.5 cm³/mol. The number of nitrogens with two attached hydrogens (primary N) is 1. The highest BCUT2D eigenvalue weighted by Crippen LogP contribution is 2.33. The van der Waals surface area contributed by atoms with Gasteiger partial charge in [-0.3, -0.25) is 14.5 Å². The van der Waals surface area contributed by atoms with Crippen molar-refractivity contribution in [3.05, 3.63) is 28.7 Å². The lowest BCUT2D eigenvalue weighted by Crippen LogP contribution is -2.33. The Hall–Kier alpha value is -1.99. The Morgan fingerprint density at radius 1 is 1.26 bits per heavy atom. The SMILES string of the molecule is NCCN1C(=O)S/C(=C\c2ccc(O)c(O)c2)C1=O. The molecule has 0 bridgehead atoms. The maximum atomic E-state index is 11.9. The Morgan fingerprint density at radius 2 is 2.00 bits per heavy atom. The average molecular weight is 280 g/mol. The summed E-state index contributed by atoms with van der Waals surface area (Å²) in [5.74, 6) is -0.920. The molecular weight excluding hydrogens is 268 g/mol. The molecule has 1 saturated heterocycles. The van der Waals surface area contributed by atoms with Crippen molar-refractivity contribution in [2.24, 2.45) is 5.73 Å². The molecule has 1 aliphatic heterocycles. The third kappa shape index (κ3) is 2.72. The van der Waals surface area contributed by atoms with E-state index in [0.29, 0.717) is 5.56 Å². The fourth-order valence-corrected chi connectivity index (χ4v) is 2.47. The third-order valence-electron chi connectivity index (χ3n) is 2.52. The number of rotatable bonds is 3. The van der Waals surface area contributed by atoms with E-state index in [9.17, 15) is 19.8 Å². The van der Waals surface area contributed by atoms with Crippen LogP contribution in [-0.2, 0) is 4.79 Å². The second-order valence-corrected chi connectivity index (χ2v) is 4.86. The zero-order valence-corrected chi connectivity index (χ0v) is 10.7. The Bertz CT molecular complexity index is 571. The van der Waals surface area contributed by atoms with Gasteiger partial charge in [-0.25, -0.2) is 0 Å². The molecule has 4 N–H and O–H groups in total. The van der Waals surface area contributed by atoms with Crippen LogP contribution in [-0.4, -0.2) is 39.3 Å². The highest BCUT2D eigenvalue weighted by Gasteiger charge is 2.34. The number of hydrogen-bond donors (Lipinski definition) is 3. The number of benzene rings is 1. The first-order valence-corrected chi connectivity index (χ1v) is 6.32. The molecule has 19 heavy (non-hydrogen) atoms. The van der Waals surface area contributed by atoms with E-state index < -0.39 is 5.91 Å². The van der Waals surface area contributed by atoms with Crippen molar-refractivity contribution in [2.75, 3.05) is 13.1 Å². The molecule has 0 aromatic heterocycles. The standard InChI is InChI=1S/C12H12N2O4S/c13-3-4-14-11(17)10(19-12(14)18)6-7-1-2-8(15)9(16)5-7/h1-2,5-6,15-16H,3-4,13H2/b10-6-. The van der Waals surface area contributed by atoms with Crippen LogP contribution in [0.2, 0.25) is 0 Å². The molecule has 0 saturated carbocycles. The van der Waals surface area contributed by atoms with Gasteiger partial charge in [0.1, 0.15) is 0 Å². The number of carbonyl (C=O) groups excluding carboxylic acids is 2. The number of phenols is 2. The molecule has 2 rings (SSSR count). The Labute approximate surface area is 113 Å². The van der Waals surface area contributed by atoms with Gasteiger partial charge in [0.2, 0.25) is 0 Å². The molecule has 7 heteroatoms. The fraction of sp³-hybridized carbons (Fsp3) is 0.167. The lowest BCUT2D eigenvalue weighted by atomic mass is 10.2. The van der Waals surface area contributed by atoms with Crippen molar-refractivity contribution in [1.82, 2.24) is 4.90 Å². The van der Waals surface area contributed by atoms with Crippen LogP contribution in [0.15, 0.2) is 23.1 Å². The van der Waals surface area contributed by atoms with Gasteiger partial charge in [0.25, 0.3) is 11.1 Å². The number of phenolic OH excluding ortho intramolecular Hbond substituents is 2. The van der Waals surface area contributed by atoms with E-state index in [-0.39, 0.29) is 34.7 Å². The van der Waals surface area contributed by atoms with Gasteiger partial charge in [-0.2, -0.15) is 0 Å². The molecule has 1 aromatic carbocycles. The molecular formula is C12H12N2O4S. The van der Waals surface area contributed by atoms with Gasteiger partial charge < -0.3 is 15.9 Å². The van der Waals surface area contributed by atoms with Crippen molar-refractivity contribution in [3.63, 3.8) is 0 Å². The number of aromatic hydroxyl groups is 2. The van der Waals surface area contributed by atoms with Gasteiger partial charge in [0.05, 0.1) is 4.91 Å². The van der Waals surface area contributed by atoms with Gasteiger partial charge >= 0.3 is 0 Å². The van der Waals surface area contributed by atoms with Gasteiger partial charge in [0.15, 0.2) is 11.5 Å². The summed E-state index contributed by atoms with van der Waals surface area (Å²) in [6.45, 7) is 0.397. The van der Waals surface area contributed by atoms with Crippen molar-refractivity contribution in [1.29, 1.82) is 0 Å². The Kier molecular flexibility index (Phi) is 3.77. The fourth-order valence-electron chi connectivity index (χ4n) is 1.60. The molecule has 100 valence electrons. The van der Waals surface area contributed by atoms with E-state index in [1.807, 2.05) is 0 Å². The monoisotopic (exact) mass is 280 g/mol. The van der Waals surface area contributed by atoms with Crippen LogP contribution in [0.25, 0.3) is 6.08 Å². The van der Waals surface area contributed by atoms with Gasteiger partial charge in [0, 0.05) is 13.1 Å². The van der Waals surface area contributed by atoms with E-state index >= 15 is 0 Å². The predicted octanol–water partition coefficient (Wildman–Crippen LogP) is 1.09.